The van der Waals surface area contributed by atoms with E-state index in [1.54, 1.807) is 0 Å². The lowest BCUT2D eigenvalue weighted by Crippen LogP contribution is -2.45. The maximum absolute atomic E-state index is 9.86. The van der Waals surface area contributed by atoms with Crippen molar-refractivity contribution in [1.82, 2.24) is 0 Å². The van der Waals surface area contributed by atoms with Crippen LogP contribution in [-0.2, 0) is 9.47 Å². The summed E-state index contributed by atoms with van der Waals surface area (Å²) in [4.78, 5) is 0. The zero-order valence-corrected chi connectivity index (χ0v) is 7.56. The standard InChI is InChI=1S/C9H16O3/c1-3-6-7-4-11-9(12-7)5(2)8(6)10/h5-10H,3-4H2,1-2H3. The van der Waals surface area contributed by atoms with Gasteiger partial charge >= 0.3 is 0 Å². The largest absolute Gasteiger partial charge is 0.392 e. The van der Waals surface area contributed by atoms with Crippen LogP contribution < -0.4 is 0 Å². The average molecular weight is 172 g/mol. The maximum atomic E-state index is 9.86. The molecule has 2 heterocycles. The first kappa shape index (κ1) is 8.48. The molecule has 3 nitrogen and oxygen atoms in total. The first-order valence-electron chi connectivity index (χ1n) is 4.69. The van der Waals surface area contributed by atoms with Crippen LogP contribution >= 0.6 is 0 Å². The fourth-order valence-corrected chi connectivity index (χ4v) is 2.22. The van der Waals surface area contributed by atoms with E-state index in [0.717, 1.165) is 6.42 Å². The van der Waals surface area contributed by atoms with Crippen molar-refractivity contribution in [3.8, 4) is 0 Å². The highest BCUT2D eigenvalue weighted by atomic mass is 16.7. The summed E-state index contributed by atoms with van der Waals surface area (Å²) in [6.07, 6.45) is 0.687. The lowest BCUT2D eigenvalue weighted by Gasteiger charge is -2.36. The van der Waals surface area contributed by atoms with Crippen molar-refractivity contribution < 1.29 is 14.6 Å². The number of hydrogen-bond acceptors (Lipinski definition) is 3. The molecule has 2 bridgehead atoms. The van der Waals surface area contributed by atoms with Crippen LogP contribution in [0.25, 0.3) is 0 Å². The molecule has 0 amide bonds. The smallest absolute Gasteiger partial charge is 0.163 e. The number of hydrogen-bond donors (Lipinski definition) is 1. The average Bonchev–Trinajstić information content (AvgIpc) is 2.49. The molecule has 0 saturated carbocycles. The summed E-state index contributed by atoms with van der Waals surface area (Å²) < 4.78 is 11.0. The minimum atomic E-state index is -0.249. The van der Waals surface area contributed by atoms with E-state index in [1.165, 1.54) is 0 Å². The fourth-order valence-electron chi connectivity index (χ4n) is 2.22. The molecular weight excluding hydrogens is 156 g/mol. The molecule has 12 heavy (non-hydrogen) atoms. The summed E-state index contributed by atoms with van der Waals surface area (Å²) in [6.45, 7) is 4.73. The Morgan fingerprint density at radius 3 is 2.92 bits per heavy atom. The lowest BCUT2D eigenvalue weighted by molar-refractivity contribution is -0.179. The van der Waals surface area contributed by atoms with E-state index in [0.29, 0.717) is 6.61 Å². The quantitative estimate of drug-likeness (QED) is 0.634. The van der Waals surface area contributed by atoms with E-state index >= 15 is 0 Å². The summed E-state index contributed by atoms with van der Waals surface area (Å²) in [5, 5.41) is 9.86. The molecule has 2 aliphatic heterocycles. The van der Waals surface area contributed by atoms with Gasteiger partial charge in [-0.05, 0) is 6.42 Å². The summed E-state index contributed by atoms with van der Waals surface area (Å²) in [5.74, 6) is 0.382. The van der Waals surface area contributed by atoms with Crippen LogP contribution in [-0.4, -0.2) is 30.2 Å². The van der Waals surface area contributed by atoms with Gasteiger partial charge in [0.05, 0.1) is 18.8 Å². The Morgan fingerprint density at radius 1 is 1.50 bits per heavy atom. The van der Waals surface area contributed by atoms with Crippen LogP contribution in [0.1, 0.15) is 20.3 Å². The second kappa shape index (κ2) is 2.98. The Kier molecular flexibility index (Phi) is 2.10. The van der Waals surface area contributed by atoms with Gasteiger partial charge in [0.2, 0.25) is 0 Å². The molecule has 0 aromatic heterocycles. The van der Waals surface area contributed by atoms with Crippen molar-refractivity contribution in [1.29, 1.82) is 0 Å². The number of fused-ring (bicyclic) bond motifs is 2. The van der Waals surface area contributed by atoms with Gasteiger partial charge in [0.25, 0.3) is 0 Å². The molecule has 0 aromatic carbocycles. The molecule has 0 aromatic rings. The third kappa shape index (κ3) is 1.08. The van der Waals surface area contributed by atoms with Crippen molar-refractivity contribution >= 4 is 0 Å². The van der Waals surface area contributed by atoms with Crippen LogP contribution in [0.5, 0.6) is 0 Å². The highest BCUT2D eigenvalue weighted by Gasteiger charge is 2.46. The number of ether oxygens (including phenoxy) is 2. The lowest BCUT2D eigenvalue weighted by atomic mass is 9.84. The van der Waals surface area contributed by atoms with Crippen molar-refractivity contribution in [2.24, 2.45) is 11.8 Å². The van der Waals surface area contributed by atoms with Crippen LogP contribution in [0.2, 0.25) is 0 Å². The van der Waals surface area contributed by atoms with Gasteiger partial charge in [0.15, 0.2) is 6.29 Å². The Bertz CT molecular complexity index is 171. The van der Waals surface area contributed by atoms with Crippen molar-refractivity contribution in [2.75, 3.05) is 6.61 Å². The molecular formula is C9H16O3. The minimum absolute atomic E-state index is 0.119. The molecule has 5 unspecified atom stereocenters. The van der Waals surface area contributed by atoms with Gasteiger partial charge in [-0.3, -0.25) is 0 Å². The van der Waals surface area contributed by atoms with Gasteiger partial charge in [-0.25, -0.2) is 0 Å². The summed E-state index contributed by atoms with van der Waals surface area (Å²) in [5.41, 5.74) is 0. The van der Waals surface area contributed by atoms with Gasteiger partial charge in [-0.15, -0.1) is 0 Å². The summed E-state index contributed by atoms with van der Waals surface area (Å²) in [6, 6.07) is 0. The predicted molar refractivity (Wildman–Crippen MR) is 43.6 cm³/mol. The Hall–Kier alpha value is -0.120. The minimum Gasteiger partial charge on any atom is -0.392 e. The van der Waals surface area contributed by atoms with Crippen molar-refractivity contribution in [3.63, 3.8) is 0 Å². The highest BCUT2D eigenvalue weighted by molar-refractivity contribution is 4.89. The Balaban J connectivity index is 2.14. The van der Waals surface area contributed by atoms with Gasteiger partial charge in [0, 0.05) is 11.8 Å². The van der Waals surface area contributed by atoms with Gasteiger partial charge < -0.3 is 14.6 Å². The maximum Gasteiger partial charge on any atom is 0.163 e. The van der Waals surface area contributed by atoms with Crippen LogP contribution in [0.4, 0.5) is 0 Å². The van der Waals surface area contributed by atoms with E-state index in [2.05, 4.69) is 6.92 Å². The molecule has 70 valence electrons. The topological polar surface area (TPSA) is 38.7 Å². The molecule has 2 rings (SSSR count). The molecule has 1 N–H and O–H groups in total. The molecule has 2 saturated heterocycles. The number of aliphatic hydroxyl groups excluding tert-OH is 1. The molecule has 0 aliphatic carbocycles. The SMILES string of the molecule is CCC1C2COC(O2)C(C)C1O. The fraction of sp³-hybridized carbons (Fsp3) is 1.00. The van der Waals surface area contributed by atoms with E-state index in [9.17, 15) is 5.11 Å². The highest BCUT2D eigenvalue weighted by Crippen LogP contribution is 2.37. The molecule has 2 fully saturated rings. The first-order chi connectivity index (χ1) is 5.74. The van der Waals surface area contributed by atoms with Crippen molar-refractivity contribution in [3.05, 3.63) is 0 Å². The first-order valence-corrected chi connectivity index (χ1v) is 4.69. The van der Waals surface area contributed by atoms with E-state index < -0.39 is 0 Å². The van der Waals surface area contributed by atoms with Gasteiger partial charge in [-0.2, -0.15) is 0 Å². The molecule has 0 spiro atoms. The normalized spacial score (nSPS) is 52.8. The zero-order valence-electron chi connectivity index (χ0n) is 7.56. The monoisotopic (exact) mass is 172 g/mol. The molecule has 3 heteroatoms. The molecule has 2 aliphatic rings. The number of aliphatic hydroxyl groups is 1. The molecule has 0 radical (unpaired) electrons. The van der Waals surface area contributed by atoms with Crippen LogP contribution in [0, 0.1) is 11.8 Å². The zero-order chi connectivity index (χ0) is 8.72. The van der Waals surface area contributed by atoms with Gasteiger partial charge in [-0.1, -0.05) is 13.8 Å². The Labute approximate surface area is 72.7 Å². The van der Waals surface area contributed by atoms with Crippen LogP contribution in [0.15, 0.2) is 0 Å². The third-order valence-electron chi connectivity index (χ3n) is 3.09. The van der Waals surface area contributed by atoms with Gasteiger partial charge in [0.1, 0.15) is 0 Å². The summed E-state index contributed by atoms with van der Waals surface area (Å²) in [7, 11) is 0. The second-order valence-electron chi connectivity index (χ2n) is 3.80. The molecule has 5 atom stereocenters. The number of rotatable bonds is 1. The predicted octanol–water partition coefficient (Wildman–Crippen LogP) is 0.765. The third-order valence-corrected chi connectivity index (χ3v) is 3.09. The van der Waals surface area contributed by atoms with E-state index in [1.807, 2.05) is 6.92 Å². The Morgan fingerprint density at radius 2 is 2.25 bits per heavy atom. The van der Waals surface area contributed by atoms with Crippen LogP contribution in [0.3, 0.4) is 0 Å². The van der Waals surface area contributed by atoms with Crippen molar-refractivity contribution in [2.45, 2.75) is 38.8 Å². The second-order valence-corrected chi connectivity index (χ2v) is 3.80. The summed E-state index contributed by atoms with van der Waals surface area (Å²) >= 11 is 0. The van der Waals surface area contributed by atoms with E-state index in [-0.39, 0.29) is 30.3 Å². The van der Waals surface area contributed by atoms with E-state index in [4.69, 9.17) is 9.47 Å².